The van der Waals surface area contributed by atoms with Gasteiger partial charge < -0.3 is 19.7 Å². The molecule has 2 aliphatic heterocycles. The minimum absolute atomic E-state index is 0.0923. The third kappa shape index (κ3) is 4.33. The summed E-state index contributed by atoms with van der Waals surface area (Å²) < 4.78 is 37.7. The van der Waals surface area contributed by atoms with Crippen LogP contribution in [-0.4, -0.2) is 51.6 Å². The van der Waals surface area contributed by atoms with Crippen molar-refractivity contribution in [2.75, 3.05) is 37.9 Å². The van der Waals surface area contributed by atoms with Gasteiger partial charge in [-0.25, -0.2) is 8.42 Å². The van der Waals surface area contributed by atoms with Crippen molar-refractivity contribution >= 4 is 21.6 Å². The molecule has 2 heterocycles. The van der Waals surface area contributed by atoms with E-state index in [1.165, 1.54) is 4.31 Å². The molecule has 2 aliphatic rings. The van der Waals surface area contributed by atoms with E-state index in [-0.39, 0.29) is 19.2 Å². The van der Waals surface area contributed by atoms with E-state index in [0.29, 0.717) is 49.0 Å². The molecule has 0 spiro atoms. The van der Waals surface area contributed by atoms with Crippen molar-refractivity contribution in [3.8, 4) is 11.5 Å². The van der Waals surface area contributed by atoms with Gasteiger partial charge in [0.25, 0.3) is 0 Å². The Hall–Kier alpha value is -2.78. The number of hydrogen-bond acceptors (Lipinski definition) is 6. The molecule has 0 unspecified atom stereocenters. The van der Waals surface area contributed by atoms with Crippen LogP contribution in [0.1, 0.15) is 25.0 Å². The van der Waals surface area contributed by atoms with Crippen LogP contribution in [0.15, 0.2) is 41.3 Å². The summed E-state index contributed by atoms with van der Waals surface area (Å²) in [5.74, 6) is 1.31. The van der Waals surface area contributed by atoms with Gasteiger partial charge in [0.2, 0.25) is 22.7 Å². The summed E-state index contributed by atoms with van der Waals surface area (Å²) in [4.78, 5) is 14.8. The number of benzene rings is 2. The monoisotopic (exact) mass is 445 g/mol. The molecule has 31 heavy (non-hydrogen) atoms. The zero-order valence-electron chi connectivity index (χ0n) is 17.8. The molecule has 0 aromatic heterocycles. The maximum atomic E-state index is 12.8. The Kier molecular flexibility index (Phi) is 6.06. The predicted molar refractivity (Wildman–Crippen MR) is 117 cm³/mol. The van der Waals surface area contributed by atoms with Crippen molar-refractivity contribution in [2.24, 2.45) is 0 Å². The second kappa shape index (κ2) is 8.76. The maximum absolute atomic E-state index is 12.8. The van der Waals surface area contributed by atoms with E-state index < -0.39 is 10.0 Å². The van der Waals surface area contributed by atoms with Gasteiger partial charge >= 0.3 is 0 Å². The first-order chi connectivity index (χ1) is 14.9. The molecule has 8 nitrogen and oxygen atoms in total. The topological polar surface area (TPSA) is 88.2 Å². The summed E-state index contributed by atoms with van der Waals surface area (Å²) in [6.45, 7) is 6.06. The molecule has 0 fully saturated rings. The molecule has 2 aromatic carbocycles. The van der Waals surface area contributed by atoms with Crippen LogP contribution in [0.4, 0.5) is 5.69 Å². The van der Waals surface area contributed by atoms with Crippen LogP contribution in [0.3, 0.4) is 0 Å². The number of fused-ring (bicyclic) bond motifs is 2. The average molecular weight is 446 g/mol. The van der Waals surface area contributed by atoms with Crippen molar-refractivity contribution in [1.29, 1.82) is 0 Å². The van der Waals surface area contributed by atoms with Crippen LogP contribution in [0, 0.1) is 0 Å². The maximum Gasteiger partial charge on any atom is 0.243 e. The zero-order valence-corrected chi connectivity index (χ0v) is 18.6. The third-order valence-electron chi connectivity index (χ3n) is 5.65. The summed E-state index contributed by atoms with van der Waals surface area (Å²) in [5, 5.41) is 2.93. The van der Waals surface area contributed by atoms with E-state index in [4.69, 9.17) is 9.47 Å². The first-order valence-corrected chi connectivity index (χ1v) is 11.9. The van der Waals surface area contributed by atoms with Crippen LogP contribution >= 0.6 is 0 Å². The van der Waals surface area contributed by atoms with Gasteiger partial charge in [-0.05, 0) is 47.9 Å². The van der Waals surface area contributed by atoms with Gasteiger partial charge in [-0.1, -0.05) is 19.9 Å². The lowest BCUT2D eigenvalue weighted by Gasteiger charge is -2.21. The smallest absolute Gasteiger partial charge is 0.243 e. The molecule has 0 saturated heterocycles. The highest BCUT2D eigenvalue weighted by Gasteiger charge is 2.26. The fourth-order valence-corrected chi connectivity index (χ4v) is 5.47. The first-order valence-electron chi connectivity index (χ1n) is 10.5. The molecule has 1 amide bonds. The number of sulfonamides is 1. The standard InChI is InChI=1S/C22H27N3O5S/c1-3-25(4-2)31(27,28)18-6-7-19-17(12-18)9-10-24(19)14-22(26)23-13-16-5-8-20-21(11-16)30-15-29-20/h5-8,11-12H,3-4,9-10,13-15H2,1-2H3,(H,23,26). The van der Waals surface area contributed by atoms with Gasteiger partial charge in [0.15, 0.2) is 11.5 Å². The lowest BCUT2D eigenvalue weighted by molar-refractivity contribution is -0.119. The second-order valence-corrected chi connectivity index (χ2v) is 9.45. The molecule has 0 saturated carbocycles. The Bertz CT molecular complexity index is 1080. The van der Waals surface area contributed by atoms with E-state index in [0.717, 1.165) is 16.8 Å². The Balaban J connectivity index is 1.39. The van der Waals surface area contributed by atoms with Gasteiger partial charge in [0.1, 0.15) is 0 Å². The summed E-state index contributed by atoms with van der Waals surface area (Å²) >= 11 is 0. The SMILES string of the molecule is CCN(CC)S(=O)(=O)c1ccc2c(c1)CCN2CC(=O)NCc1ccc2c(c1)OCO2. The largest absolute Gasteiger partial charge is 0.454 e. The summed E-state index contributed by atoms with van der Waals surface area (Å²) in [5.41, 5.74) is 2.80. The fraction of sp³-hybridized carbons (Fsp3) is 0.409. The molecule has 1 N–H and O–H groups in total. The second-order valence-electron chi connectivity index (χ2n) is 7.52. The molecule has 9 heteroatoms. The van der Waals surface area contributed by atoms with Gasteiger partial charge in [0, 0.05) is 31.9 Å². The zero-order chi connectivity index (χ0) is 22.0. The number of nitrogens with zero attached hydrogens (tertiary/aromatic N) is 2. The lowest BCUT2D eigenvalue weighted by Crippen LogP contribution is -2.36. The highest BCUT2D eigenvalue weighted by atomic mass is 32.2. The molecule has 0 atom stereocenters. The average Bonchev–Trinajstić information content (AvgIpc) is 3.39. The Morgan fingerprint density at radius 3 is 2.65 bits per heavy atom. The van der Waals surface area contributed by atoms with E-state index in [1.807, 2.05) is 43.0 Å². The molecule has 2 aromatic rings. The number of rotatable bonds is 8. The number of carbonyl (C=O) groups excluding carboxylic acids is 1. The summed E-state index contributed by atoms with van der Waals surface area (Å²) in [7, 11) is -3.49. The van der Waals surface area contributed by atoms with Crippen LogP contribution in [0.2, 0.25) is 0 Å². The third-order valence-corrected chi connectivity index (χ3v) is 7.69. The van der Waals surface area contributed by atoms with E-state index in [1.54, 1.807) is 12.1 Å². The minimum atomic E-state index is -3.49. The van der Waals surface area contributed by atoms with Gasteiger partial charge in [0.05, 0.1) is 11.4 Å². The lowest BCUT2D eigenvalue weighted by atomic mass is 10.2. The van der Waals surface area contributed by atoms with E-state index in [9.17, 15) is 13.2 Å². The molecule has 0 radical (unpaired) electrons. The minimum Gasteiger partial charge on any atom is -0.454 e. The Labute approximate surface area is 182 Å². The van der Waals surface area contributed by atoms with Crippen molar-refractivity contribution in [3.63, 3.8) is 0 Å². The van der Waals surface area contributed by atoms with Crippen molar-refractivity contribution in [2.45, 2.75) is 31.7 Å². The summed E-state index contributed by atoms with van der Waals surface area (Å²) in [6.07, 6.45) is 0.715. The Morgan fingerprint density at radius 1 is 1.10 bits per heavy atom. The highest BCUT2D eigenvalue weighted by Crippen LogP contribution is 2.33. The molecular formula is C22H27N3O5S. The van der Waals surface area contributed by atoms with Gasteiger partial charge in [-0.3, -0.25) is 4.79 Å². The van der Waals surface area contributed by atoms with E-state index >= 15 is 0 Å². The van der Waals surface area contributed by atoms with Crippen molar-refractivity contribution < 1.29 is 22.7 Å². The highest BCUT2D eigenvalue weighted by molar-refractivity contribution is 7.89. The van der Waals surface area contributed by atoms with Crippen LogP contribution in [-0.2, 0) is 27.8 Å². The predicted octanol–water partition coefficient (Wildman–Crippen LogP) is 2.12. The van der Waals surface area contributed by atoms with Crippen LogP contribution < -0.4 is 19.7 Å². The van der Waals surface area contributed by atoms with Crippen molar-refractivity contribution in [3.05, 3.63) is 47.5 Å². The quantitative estimate of drug-likeness (QED) is 0.670. The van der Waals surface area contributed by atoms with Gasteiger partial charge in [-0.15, -0.1) is 0 Å². The number of carbonyl (C=O) groups is 1. The van der Waals surface area contributed by atoms with Crippen LogP contribution in [0.5, 0.6) is 11.5 Å². The number of anilines is 1. The number of nitrogens with one attached hydrogen (secondary N) is 1. The van der Waals surface area contributed by atoms with Crippen molar-refractivity contribution in [1.82, 2.24) is 9.62 Å². The molecule has 0 aliphatic carbocycles. The number of amides is 1. The first kappa shape index (κ1) is 21.5. The summed E-state index contributed by atoms with van der Waals surface area (Å²) in [6, 6.07) is 10.8. The van der Waals surface area contributed by atoms with Gasteiger partial charge in [-0.2, -0.15) is 4.31 Å². The number of hydrogen-bond donors (Lipinski definition) is 1. The molecular weight excluding hydrogens is 418 g/mol. The number of ether oxygens (including phenoxy) is 2. The normalized spacial score (nSPS) is 14.7. The fourth-order valence-electron chi connectivity index (χ4n) is 3.96. The van der Waals surface area contributed by atoms with Crippen LogP contribution in [0.25, 0.3) is 0 Å². The molecule has 166 valence electrons. The van der Waals surface area contributed by atoms with E-state index in [2.05, 4.69) is 5.32 Å². The molecule has 0 bridgehead atoms. The Morgan fingerprint density at radius 2 is 1.87 bits per heavy atom. The molecule has 4 rings (SSSR count).